The van der Waals surface area contributed by atoms with Crippen LogP contribution in [0.3, 0.4) is 0 Å². The monoisotopic (exact) mass is 340 g/mol. The Morgan fingerprint density at radius 2 is 1.96 bits per heavy atom. The molecular weight excluding hydrogens is 316 g/mol. The van der Waals surface area contributed by atoms with Gasteiger partial charge in [-0.2, -0.15) is 15.1 Å². The van der Waals surface area contributed by atoms with Crippen LogP contribution in [0.15, 0.2) is 6.20 Å². The normalized spacial score (nSPS) is 13.0. The highest BCUT2D eigenvalue weighted by Gasteiger charge is 2.20. The molecular formula is C14H24N6O2S. The predicted molar refractivity (Wildman–Crippen MR) is 92.1 cm³/mol. The van der Waals surface area contributed by atoms with E-state index in [-0.39, 0.29) is 17.8 Å². The quantitative estimate of drug-likeness (QED) is 0.845. The van der Waals surface area contributed by atoms with Crippen LogP contribution in [0.5, 0.6) is 0 Å². The van der Waals surface area contributed by atoms with Gasteiger partial charge in [-0.15, -0.1) is 0 Å². The van der Waals surface area contributed by atoms with Gasteiger partial charge in [-0.05, 0) is 34.6 Å². The van der Waals surface area contributed by atoms with Gasteiger partial charge in [0.05, 0.1) is 28.1 Å². The smallest absolute Gasteiger partial charge is 0.226 e. The molecule has 0 radical (unpaired) electrons. The molecule has 2 aromatic rings. The van der Waals surface area contributed by atoms with Crippen molar-refractivity contribution in [2.24, 2.45) is 0 Å². The van der Waals surface area contributed by atoms with E-state index < -0.39 is 15.1 Å². The third-order valence-electron chi connectivity index (χ3n) is 3.48. The van der Waals surface area contributed by atoms with Gasteiger partial charge in [-0.25, -0.2) is 13.1 Å². The van der Waals surface area contributed by atoms with Crippen LogP contribution in [0.4, 0.5) is 11.8 Å². The fourth-order valence-electron chi connectivity index (χ4n) is 2.04. The molecule has 8 nitrogen and oxygen atoms in total. The molecule has 3 N–H and O–H groups in total. The Labute approximate surface area is 136 Å². The highest BCUT2D eigenvalue weighted by molar-refractivity contribution is 7.92. The SMILES string of the molecule is CC(C)S(=O)(=O)CCNc1nc(N)c2cnn(C(C)(C)C)c2n1. The molecule has 0 bridgehead atoms. The zero-order valence-corrected chi connectivity index (χ0v) is 15.0. The van der Waals surface area contributed by atoms with E-state index >= 15 is 0 Å². The van der Waals surface area contributed by atoms with E-state index in [9.17, 15) is 8.42 Å². The number of hydrogen-bond acceptors (Lipinski definition) is 7. The molecule has 0 aliphatic rings. The molecule has 2 heterocycles. The van der Waals surface area contributed by atoms with Gasteiger partial charge in [0.1, 0.15) is 5.82 Å². The number of rotatable bonds is 5. The first-order valence-corrected chi connectivity index (χ1v) is 9.21. The zero-order chi connectivity index (χ0) is 17.4. The fraction of sp³-hybridized carbons (Fsp3) is 0.643. The van der Waals surface area contributed by atoms with Crippen LogP contribution in [0.2, 0.25) is 0 Å². The Morgan fingerprint density at radius 3 is 2.52 bits per heavy atom. The molecule has 23 heavy (non-hydrogen) atoms. The molecule has 0 aliphatic carbocycles. The molecule has 2 aromatic heterocycles. The summed E-state index contributed by atoms with van der Waals surface area (Å²) in [5, 5.41) is 7.53. The van der Waals surface area contributed by atoms with Crippen LogP contribution in [0.1, 0.15) is 34.6 Å². The summed E-state index contributed by atoms with van der Waals surface area (Å²) >= 11 is 0. The predicted octanol–water partition coefficient (Wildman–Crippen LogP) is 1.40. The maximum absolute atomic E-state index is 11.8. The average molecular weight is 340 g/mol. The van der Waals surface area contributed by atoms with Crippen LogP contribution in [0.25, 0.3) is 11.0 Å². The number of sulfone groups is 1. The van der Waals surface area contributed by atoms with E-state index in [1.54, 1.807) is 24.7 Å². The van der Waals surface area contributed by atoms with Crippen molar-refractivity contribution < 1.29 is 8.42 Å². The fourth-order valence-corrected chi connectivity index (χ4v) is 2.90. The Hall–Kier alpha value is -1.90. The van der Waals surface area contributed by atoms with Gasteiger partial charge in [0.2, 0.25) is 5.95 Å². The third kappa shape index (κ3) is 3.72. The highest BCUT2D eigenvalue weighted by Crippen LogP contribution is 2.24. The van der Waals surface area contributed by atoms with Crippen LogP contribution < -0.4 is 11.1 Å². The van der Waals surface area contributed by atoms with Crippen molar-refractivity contribution in [3.05, 3.63) is 6.20 Å². The minimum atomic E-state index is -3.11. The molecule has 0 spiro atoms. The van der Waals surface area contributed by atoms with Gasteiger partial charge >= 0.3 is 0 Å². The van der Waals surface area contributed by atoms with E-state index in [1.165, 1.54) is 0 Å². The number of anilines is 2. The van der Waals surface area contributed by atoms with Crippen molar-refractivity contribution in [2.75, 3.05) is 23.3 Å². The second kappa shape index (κ2) is 5.95. The number of hydrogen-bond donors (Lipinski definition) is 2. The average Bonchev–Trinajstić information content (AvgIpc) is 2.82. The summed E-state index contributed by atoms with van der Waals surface area (Å²) < 4.78 is 25.4. The number of aromatic nitrogens is 4. The molecule has 2 rings (SSSR count). The molecule has 0 aromatic carbocycles. The lowest BCUT2D eigenvalue weighted by atomic mass is 10.1. The van der Waals surface area contributed by atoms with E-state index in [4.69, 9.17) is 5.73 Å². The molecule has 128 valence electrons. The summed E-state index contributed by atoms with van der Waals surface area (Å²) in [4.78, 5) is 8.60. The molecule has 0 aliphatic heterocycles. The second-order valence-electron chi connectivity index (χ2n) is 6.74. The lowest BCUT2D eigenvalue weighted by Crippen LogP contribution is -2.24. The number of nitrogen functional groups attached to an aromatic ring is 1. The largest absolute Gasteiger partial charge is 0.383 e. The summed E-state index contributed by atoms with van der Waals surface area (Å²) in [6.45, 7) is 9.60. The van der Waals surface area contributed by atoms with Gasteiger partial charge in [0.15, 0.2) is 15.5 Å². The summed E-state index contributed by atoms with van der Waals surface area (Å²) in [6, 6.07) is 0. The zero-order valence-electron chi connectivity index (χ0n) is 14.2. The third-order valence-corrected chi connectivity index (χ3v) is 5.69. The highest BCUT2D eigenvalue weighted by atomic mass is 32.2. The van der Waals surface area contributed by atoms with Gasteiger partial charge in [0, 0.05) is 6.54 Å². The van der Waals surface area contributed by atoms with Gasteiger partial charge in [-0.3, -0.25) is 0 Å². The van der Waals surface area contributed by atoms with E-state index in [0.717, 1.165) is 0 Å². The van der Waals surface area contributed by atoms with Crippen molar-refractivity contribution in [3.63, 3.8) is 0 Å². The summed E-state index contributed by atoms with van der Waals surface area (Å²) in [7, 11) is -3.11. The van der Waals surface area contributed by atoms with Crippen molar-refractivity contribution in [1.82, 2.24) is 19.7 Å². The second-order valence-corrected chi connectivity index (χ2v) is 9.42. The Bertz CT molecular complexity index is 805. The Morgan fingerprint density at radius 1 is 1.30 bits per heavy atom. The van der Waals surface area contributed by atoms with Crippen LogP contribution >= 0.6 is 0 Å². The number of fused-ring (bicyclic) bond motifs is 1. The van der Waals surface area contributed by atoms with E-state index in [0.29, 0.717) is 22.8 Å². The molecule has 0 amide bonds. The first kappa shape index (κ1) is 17.5. The topological polar surface area (TPSA) is 116 Å². The molecule has 0 saturated carbocycles. The molecule has 9 heteroatoms. The Kier molecular flexibility index (Phi) is 4.52. The van der Waals surface area contributed by atoms with E-state index in [1.807, 2.05) is 20.8 Å². The number of nitrogens with zero attached hydrogens (tertiary/aromatic N) is 4. The summed E-state index contributed by atoms with van der Waals surface area (Å²) in [6.07, 6.45) is 1.64. The first-order chi connectivity index (χ1) is 10.5. The van der Waals surface area contributed by atoms with Crippen molar-refractivity contribution >= 4 is 32.6 Å². The van der Waals surface area contributed by atoms with Crippen molar-refractivity contribution in [2.45, 2.75) is 45.4 Å². The molecule has 0 atom stereocenters. The summed E-state index contributed by atoms with van der Waals surface area (Å²) in [5.41, 5.74) is 6.33. The summed E-state index contributed by atoms with van der Waals surface area (Å²) in [5.74, 6) is 0.643. The van der Waals surface area contributed by atoms with Crippen LogP contribution in [0, 0.1) is 0 Å². The maximum Gasteiger partial charge on any atom is 0.226 e. The lowest BCUT2D eigenvalue weighted by Gasteiger charge is -2.20. The molecule has 0 saturated heterocycles. The standard InChI is InChI=1S/C14H24N6O2S/c1-9(2)23(21,22)7-6-16-13-18-11(15)10-8-17-20(12(10)19-13)14(3,4)5/h8-9H,6-7H2,1-5H3,(H3,15,16,18,19). The van der Waals surface area contributed by atoms with Gasteiger partial charge in [0.25, 0.3) is 0 Å². The van der Waals surface area contributed by atoms with Crippen LogP contribution in [-0.2, 0) is 15.4 Å². The molecule has 0 fully saturated rings. The number of nitrogens with one attached hydrogen (secondary N) is 1. The van der Waals surface area contributed by atoms with Crippen LogP contribution in [-0.4, -0.2) is 45.7 Å². The van der Waals surface area contributed by atoms with Gasteiger partial charge < -0.3 is 11.1 Å². The van der Waals surface area contributed by atoms with Crippen molar-refractivity contribution in [3.8, 4) is 0 Å². The Balaban J connectivity index is 2.26. The first-order valence-electron chi connectivity index (χ1n) is 7.49. The minimum Gasteiger partial charge on any atom is -0.383 e. The number of nitrogens with two attached hydrogens (primary N) is 1. The molecule has 0 unspecified atom stereocenters. The van der Waals surface area contributed by atoms with E-state index in [2.05, 4.69) is 20.4 Å². The van der Waals surface area contributed by atoms with Crippen molar-refractivity contribution in [1.29, 1.82) is 0 Å². The maximum atomic E-state index is 11.8. The van der Waals surface area contributed by atoms with Gasteiger partial charge in [-0.1, -0.05) is 0 Å². The lowest BCUT2D eigenvalue weighted by molar-refractivity contribution is 0.366. The minimum absolute atomic E-state index is 0.0184.